The quantitative estimate of drug-likeness (QED) is 0.0937. The maximum atomic E-state index is 2.49. The Bertz CT molecular complexity index is 346. The van der Waals surface area contributed by atoms with Gasteiger partial charge in [0, 0.05) is 0 Å². The molecule has 0 nitrogen and oxygen atoms in total. The van der Waals surface area contributed by atoms with Crippen molar-refractivity contribution >= 4 is 0 Å². The Balaban J connectivity index is 3.12. The molecule has 0 bridgehead atoms. The Morgan fingerprint density at radius 3 is 0.853 bits per heavy atom. The summed E-state index contributed by atoms with van der Waals surface area (Å²) >= 11 is 0. The predicted octanol–water partition coefficient (Wildman–Crippen LogP) is 13.2. The Labute approximate surface area is 219 Å². The zero-order valence-corrected chi connectivity index (χ0v) is 25.0. The highest BCUT2D eigenvalue weighted by molar-refractivity contribution is 4.58. The summed E-state index contributed by atoms with van der Waals surface area (Å²) in [5, 5.41) is 0. The third kappa shape index (κ3) is 28.2. The van der Waals surface area contributed by atoms with Crippen molar-refractivity contribution in [1.82, 2.24) is 0 Å². The van der Waals surface area contributed by atoms with Crippen LogP contribution in [0.2, 0.25) is 0 Å². The standard InChI is InChI=1S/C34H70/c1-5-7-8-9-10-11-12-13-14-15-16-17-18-19-20-21-22-23-24-25-26-27-30-34(4)32-28-31-33(3)29-6-2/h33-34H,5-32H2,1-4H3. The summed E-state index contributed by atoms with van der Waals surface area (Å²) < 4.78 is 0. The van der Waals surface area contributed by atoms with Crippen LogP contribution in [-0.2, 0) is 0 Å². The van der Waals surface area contributed by atoms with E-state index in [-0.39, 0.29) is 0 Å². The Morgan fingerprint density at radius 1 is 0.265 bits per heavy atom. The van der Waals surface area contributed by atoms with Crippen molar-refractivity contribution in [3.05, 3.63) is 0 Å². The monoisotopic (exact) mass is 479 g/mol. The summed E-state index contributed by atoms with van der Waals surface area (Å²) in [7, 11) is 0. The number of rotatable bonds is 29. The van der Waals surface area contributed by atoms with Crippen molar-refractivity contribution in [2.45, 2.75) is 207 Å². The van der Waals surface area contributed by atoms with Crippen LogP contribution in [0.15, 0.2) is 0 Å². The van der Waals surface area contributed by atoms with Gasteiger partial charge in [-0.25, -0.2) is 0 Å². The second kappa shape index (κ2) is 29.2. The summed E-state index contributed by atoms with van der Waals surface area (Å²) in [5.74, 6) is 1.91. The molecule has 0 aliphatic heterocycles. The molecular formula is C34H70. The first-order valence-electron chi connectivity index (χ1n) is 16.7. The molecule has 0 spiro atoms. The third-order valence-corrected chi connectivity index (χ3v) is 8.23. The molecule has 206 valence electrons. The van der Waals surface area contributed by atoms with E-state index in [2.05, 4.69) is 27.7 Å². The lowest BCUT2D eigenvalue weighted by Crippen LogP contribution is -1.99. The van der Waals surface area contributed by atoms with E-state index in [4.69, 9.17) is 0 Å². The number of unbranched alkanes of at least 4 members (excludes halogenated alkanes) is 21. The SMILES string of the molecule is CCCCCCCCCCCCCCCCCCCCCCCCC(C)CCCC(C)CCC. The number of hydrogen-bond donors (Lipinski definition) is 0. The predicted molar refractivity (Wildman–Crippen MR) is 159 cm³/mol. The van der Waals surface area contributed by atoms with E-state index in [1.807, 2.05) is 0 Å². The van der Waals surface area contributed by atoms with Crippen LogP contribution < -0.4 is 0 Å². The van der Waals surface area contributed by atoms with Crippen molar-refractivity contribution in [1.29, 1.82) is 0 Å². The van der Waals surface area contributed by atoms with Crippen molar-refractivity contribution in [3.8, 4) is 0 Å². The van der Waals surface area contributed by atoms with Gasteiger partial charge in [-0.1, -0.05) is 207 Å². The minimum atomic E-state index is 0.951. The molecule has 0 aromatic rings. The van der Waals surface area contributed by atoms with Gasteiger partial charge in [0.15, 0.2) is 0 Å². The third-order valence-electron chi connectivity index (χ3n) is 8.23. The summed E-state index contributed by atoms with van der Waals surface area (Å²) in [4.78, 5) is 0. The second-order valence-corrected chi connectivity index (χ2v) is 12.1. The summed E-state index contributed by atoms with van der Waals surface area (Å²) in [6, 6.07) is 0. The molecule has 0 aromatic carbocycles. The Morgan fingerprint density at radius 2 is 0.529 bits per heavy atom. The Kier molecular flexibility index (Phi) is 29.2. The van der Waals surface area contributed by atoms with Gasteiger partial charge in [-0.3, -0.25) is 0 Å². The van der Waals surface area contributed by atoms with E-state index < -0.39 is 0 Å². The van der Waals surface area contributed by atoms with Gasteiger partial charge in [0.2, 0.25) is 0 Å². The van der Waals surface area contributed by atoms with E-state index in [1.54, 1.807) is 0 Å². The van der Waals surface area contributed by atoms with Gasteiger partial charge < -0.3 is 0 Å². The summed E-state index contributed by atoms with van der Waals surface area (Å²) in [6.07, 6.45) is 41.2. The van der Waals surface area contributed by atoms with E-state index in [1.165, 1.54) is 180 Å². The second-order valence-electron chi connectivity index (χ2n) is 12.1. The molecule has 0 aromatic heterocycles. The van der Waals surface area contributed by atoms with Crippen molar-refractivity contribution < 1.29 is 0 Å². The molecule has 0 saturated heterocycles. The fourth-order valence-corrected chi connectivity index (χ4v) is 5.70. The van der Waals surface area contributed by atoms with E-state index >= 15 is 0 Å². The fourth-order valence-electron chi connectivity index (χ4n) is 5.70. The molecule has 0 amide bonds. The van der Waals surface area contributed by atoms with Gasteiger partial charge in [-0.15, -0.1) is 0 Å². The molecule has 0 rings (SSSR count). The molecule has 2 unspecified atom stereocenters. The molecular weight excluding hydrogens is 408 g/mol. The van der Waals surface area contributed by atoms with Gasteiger partial charge >= 0.3 is 0 Å². The van der Waals surface area contributed by atoms with Crippen LogP contribution in [0.1, 0.15) is 207 Å². The van der Waals surface area contributed by atoms with E-state index in [0.29, 0.717) is 0 Å². The lowest BCUT2D eigenvalue weighted by molar-refractivity contribution is 0.398. The highest BCUT2D eigenvalue weighted by Gasteiger charge is 2.05. The minimum absolute atomic E-state index is 0.951. The van der Waals surface area contributed by atoms with Crippen LogP contribution in [0, 0.1) is 11.8 Å². The maximum Gasteiger partial charge on any atom is -0.0443 e. The van der Waals surface area contributed by atoms with Crippen LogP contribution in [-0.4, -0.2) is 0 Å². The lowest BCUT2D eigenvalue weighted by Gasteiger charge is -2.13. The smallest absolute Gasteiger partial charge is 0.0443 e. The van der Waals surface area contributed by atoms with E-state index in [9.17, 15) is 0 Å². The molecule has 0 aliphatic rings. The van der Waals surface area contributed by atoms with Gasteiger partial charge in [0.05, 0.1) is 0 Å². The van der Waals surface area contributed by atoms with Crippen molar-refractivity contribution in [2.75, 3.05) is 0 Å². The first kappa shape index (κ1) is 34.0. The van der Waals surface area contributed by atoms with Crippen molar-refractivity contribution in [2.24, 2.45) is 11.8 Å². The average Bonchev–Trinajstić information content (AvgIpc) is 2.82. The maximum absolute atomic E-state index is 2.49. The topological polar surface area (TPSA) is 0 Å². The lowest BCUT2D eigenvalue weighted by atomic mass is 9.93. The molecule has 0 N–H and O–H groups in total. The van der Waals surface area contributed by atoms with Crippen LogP contribution in [0.4, 0.5) is 0 Å². The first-order valence-corrected chi connectivity index (χ1v) is 16.7. The molecule has 34 heavy (non-hydrogen) atoms. The van der Waals surface area contributed by atoms with Gasteiger partial charge in [-0.2, -0.15) is 0 Å². The highest BCUT2D eigenvalue weighted by Crippen LogP contribution is 2.21. The molecule has 0 heterocycles. The molecule has 2 atom stereocenters. The van der Waals surface area contributed by atoms with Crippen LogP contribution in [0.3, 0.4) is 0 Å². The summed E-state index contributed by atoms with van der Waals surface area (Å²) in [6.45, 7) is 9.55. The zero-order valence-electron chi connectivity index (χ0n) is 25.0. The highest BCUT2D eigenvalue weighted by atomic mass is 14.1. The average molecular weight is 479 g/mol. The van der Waals surface area contributed by atoms with Gasteiger partial charge in [-0.05, 0) is 11.8 Å². The Hall–Kier alpha value is 0. The fraction of sp³-hybridized carbons (Fsp3) is 1.00. The van der Waals surface area contributed by atoms with Gasteiger partial charge in [0.1, 0.15) is 0 Å². The normalized spacial score (nSPS) is 13.4. The van der Waals surface area contributed by atoms with E-state index in [0.717, 1.165) is 11.8 Å². The molecule has 0 aliphatic carbocycles. The van der Waals surface area contributed by atoms with Crippen LogP contribution in [0.5, 0.6) is 0 Å². The molecule has 0 heteroatoms. The molecule has 0 radical (unpaired) electrons. The minimum Gasteiger partial charge on any atom is -0.0654 e. The van der Waals surface area contributed by atoms with Crippen LogP contribution >= 0.6 is 0 Å². The molecule has 0 saturated carbocycles. The zero-order chi connectivity index (χ0) is 25.0. The van der Waals surface area contributed by atoms with Crippen molar-refractivity contribution in [3.63, 3.8) is 0 Å². The number of hydrogen-bond acceptors (Lipinski definition) is 0. The van der Waals surface area contributed by atoms with Crippen LogP contribution in [0.25, 0.3) is 0 Å². The summed E-state index contributed by atoms with van der Waals surface area (Å²) in [5.41, 5.74) is 0. The largest absolute Gasteiger partial charge is 0.0654 e. The first-order chi connectivity index (χ1) is 16.7. The van der Waals surface area contributed by atoms with Gasteiger partial charge in [0.25, 0.3) is 0 Å². The molecule has 0 fully saturated rings.